The van der Waals surface area contributed by atoms with E-state index in [0.29, 0.717) is 105 Å². The number of fused-ring (bicyclic) bond motifs is 4. The molecule has 0 aliphatic carbocycles. The van der Waals surface area contributed by atoms with Crippen molar-refractivity contribution in [3.05, 3.63) is 75.1 Å². The highest BCUT2D eigenvalue weighted by Gasteiger charge is 2.33. The van der Waals surface area contributed by atoms with Gasteiger partial charge in [-0.05, 0) is 84.7 Å². The summed E-state index contributed by atoms with van der Waals surface area (Å²) in [5.74, 6) is 1.69. The van der Waals surface area contributed by atoms with Crippen LogP contribution in [0.5, 0.6) is 11.5 Å². The Bertz CT molecular complexity index is 3050. The van der Waals surface area contributed by atoms with Crippen molar-refractivity contribution in [3.63, 3.8) is 0 Å². The van der Waals surface area contributed by atoms with E-state index in [2.05, 4.69) is 31.1 Å². The molecule has 3 amide bonds. The molecule has 7 aromatic rings. The molecule has 0 spiro atoms. The van der Waals surface area contributed by atoms with E-state index in [1.165, 1.54) is 25.5 Å². The molecule has 21 heteroatoms. The second-order valence-corrected chi connectivity index (χ2v) is 18.0. The lowest BCUT2D eigenvalue weighted by molar-refractivity contribution is -0.00383. The first-order valence-corrected chi connectivity index (χ1v) is 24.5. The number of benzene rings is 2. The molecule has 380 valence electrons. The van der Waals surface area contributed by atoms with E-state index >= 15 is 0 Å². The fraction of sp³-hybridized carbons (Fsp3) is 0.440. The molecule has 1 aliphatic rings. The zero-order valence-electron chi connectivity index (χ0n) is 43.0. The largest absolute Gasteiger partial charge is 0.494 e. The number of thiazole rings is 1. The Kier molecular flexibility index (Phi) is 18.5. The minimum Gasteiger partial charge on any atom is -0.494 e. The summed E-state index contributed by atoms with van der Waals surface area (Å²) >= 11 is 1.30. The van der Waals surface area contributed by atoms with Crippen LogP contribution in [-0.4, -0.2) is 112 Å². The molecule has 2 aromatic carbocycles. The van der Waals surface area contributed by atoms with E-state index in [1.54, 1.807) is 58.6 Å². The molecule has 6 heterocycles. The van der Waals surface area contributed by atoms with Crippen molar-refractivity contribution < 1.29 is 33.4 Å². The zero-order valence-corrected chi connectivity index (χ0v) is 43.9. The third-order valence-corrected chi connectivity index (χ3v) is 11.9. The highest BCUT2D eigenvalue weighted by atomic mass is 32.1. The number of rotatable bonds is 15. The molecule has 71 heavy (non-hydrogen) atoms. The number of nitrogens with one attached hydrogen (secondary N) is 1. The van der Waals surface area contributed by atoms with Crippen molar-refractivity contribution in [1.29, 1.82) is 0 Å². The normalized spacial score (nSPS) is 12.4. The van der Waals surface area contributed by atoms with Crippen LogP contribution in [0.1, 0.15) is 109 Å². The van der Waals surface area contributed by atoms with Crippen molar-refractivity contribution >= 4 is 74.4 Å². The number of amides is 3. The van der Waals surface area contributed by atoms with Crippen LogP contribution in [0.25, 0.3) is 44.6 Å². The Morgan fingerprint density at radius 1 is 0.915 bits per heavy atom. The topological polar surface area (TPSA) is 255 Å². The number of aromatic nitrogens is 9. The Morgan fingerprint density at radius 3 is 2.21 bits per heavy atom. The number of hydrogen-bond acceptors (Lipinski definition) is 15. The van der Waals surface area contributed by atoms with E-state index in [-0.39, 0.29) is 42.5 Å². The van der Waals surface area contributed by atoms with E-state index in [1.807, 2.05) is 79.0 Å². The highest BCUT2D eigenvalue weighted by Crippen LogP contribution is 2.37. The summed E-state index contributed by atoms with van der Waals surface area (Å²) < 4.78 is 23.2. The molecule has 1 aliphatic heterocycles. The van der Waals surface area contributed by atoms with Crippen molar-refractivity contribution in [2.24, 2.45) is 24.4 Å². The second kappa shape index (κ2) is 24.0. The van der Waals surface area contributed by atoms with Gasteiger partial charge in [-0.2, -0.15) is 5.10 Å². The molecule has 0 bridgehead atoms. The van der Waals surface area contributed by atoms with E-state index in [4.69, 9.17) is 29.9 Å². The first kappa shape index (κ1) is 54.7. The molecule has 0 saturated carbocycles. The number of carbonyl (C=O) groups is 4. The number of nitrogens with zero attached hydrogens (tertiary/aromatic N) is 10. The molecule has 0 radical (unpaired) electrons. The molecule has 1 fully saturated rings. The number of aryl methyl sites for hydroxylation is 4. The number of aldehydes is 1. The monoisotopic (exact) mass is 994 g/mol. The number of imidazole rings is 1. The van der Waals surface area contributed by atoms with E-state index in [0.717, 1.165) is 16.7 Å². The van der Waals surface area contributed by atoms with Crippen molar-refractivity contribution in [2.45, 2.75) is 101 Å². The summed E-state index contributed by atoms with van der Waals surface area (Å²) in [5.41, 5.74) is 13.1. The molecule has 1 saturated heterocycles. The predicted octanol–water partition coefficient (Wildman–Crippen LogP) is 8.06. The average Bonchev–Trinajstić information content (AvgIpc) is 4.09. The lowest BCUT2D eigenvalue weighted by atomic mass is 9.97. The van der Waals surface area contributed by atoms with Gasteiger partial charge < -0.3 is 39.7 Å². The summed E-state index contributed by atoms with van der Waals surface area (Å²) in [6.07, 6.45) is 7.29. The number of likely N-dealkylation sites (tertiary alicyclic amines) is 1. The standard InChI is InChI=1S/C45H50N12O7S.2C2H6.CH5N/c1-9-31-37(65-25(3)49-31)42(60)52-43-50-32-18-28(38(46)59)19-33(62-8)36(32)57(43)14-11-10-13-56-35-29(30-20-47-39(51-40(30)56)41-48-24(2)53-54(41)7)16-27(23-58)17-34(35)63-15-12-26-21-55(22-26)44(61)64-45(4,5)6;3*1-2/h10-11,16-20,23,26H,9,12-15,21-22H2,1-8H3,(H2,46,59)(H,50,52,60);2*1-2H3;2H2,1H3/b11-10+;;;. The zero-order chi connectivity index (χ0) is 52.3. The van der Waals surface area contributed by atoms with Crippen LogP contribution >= 0.6 is 11.3 Å². The third kappa shape index (κ3) is 12.2. The molecule has 0 unspecified atom stereocenters. The molecule has 5 N–H and O–H groups in total. The smallest absolute Gasteiger partial charge is 0.410 e. The minimum absolute atomic E-state index is 0.203. The second-order valence-electron chi connectivity index (χ2n) is 16.8. The van der Waals surface area contributed by atoms with E-state index < -0.39 is 11.5 Å². The van der Waals surface area contributed by atoms with Gasteiger partial charge in [0.05, 0.1) is 35.5 Å². The molecule has 0 atom stereocenters. The van der Waals surface area contributed by atoms with Crippen LogP contribution in [0.15, 0.2) is 42.6 Å². The maximum absolute atomic E-state index is 13.8. The SMILES string of the molecule is CC.CC.CCc1nc(C)sc1C(=O)Nc1nc2cc(C(N)=O)cc(OC)c2n1C/C=C/Cn1c2nc(-c3nc(C)nn3C)ncc2c2cc(C=O)cc(OCCC3CN(C(=O)OC(C)(C)C)C3)c21.CN. The molecule has 5 aromatic heterocycles. The van der Waals surface area contributed by atoms with Gasteiger partial charge in [0.25, 0.3) is 5.91 Å². The van der Waals surface area contributed by atoms with Crippen LogP contribution in [0.3, 0.4) is 0 Å². The quantitative estimate of drug-likeness (QED) is 0.0649. The van der Waals surface area contributed by atoms with Gasteiger partial charge in [-0.3, -0.25) is 19.7 Å². The number of carbonyl (C=O) groups excluding carboxylic acids is 4. The van der Waals surface area contributed by atoms with E-state index in [9.17, 15) is 19.2 Å². The van der Waals surface area contributed by atoms with Gasteiger partial charge in [-0.25, -0.2) is 34.4 Å². The first-order valence-electron chi connectivity index (χ1n) is 23.7. The van der Waals surface area contributed by atoms with Crippen molar-refractivity contribution in [2.75, 3.05) is 39.2 Å². The Morgan fingerprint density at radius 2 is 1.61 bits per heavy atom. The predicted molar refractivity (Wildman–Crippen MR) is 277 cm³/mol. The fourth-order valence-electron chi connectivity index (χ4n) is 7.93. The summed E-state index contributed by atoms with van der Waals surface area (Å²) in [7, 11) is 4.76. The minimum atomic E-state index is -0.651. The summed E-state index contributed by atoms with van der Waals surface area (Å²) in [4.78, 5) is 76.6. The summed E-state index contributed by atoms with van der Waals surface area (Å²) in [5, 5.41) is 9.56. The number of allylic oxidation sites excluding steroid dienone is 2. The molecule has 20 nitrogen and oxygen atoms in total. The number of hydrogen-bond donors (Lipinski definition) is 3. The first-order chi connectivity index (χ1) is 34.0. The molecular weight excluding hydrogens is 927 g/mol. The Labute approximate surface area is 417 Å². The molecular formula is C50H67N13O7S. The van der Waals surface area contributed by atoms with Crippen LogP contribution in [0.4, 0.5) is 10.7 Å². The summed E-state index contributed by atoms with van der Waals surface area (Å²) in [6.45, 7) is 21.1. The lowest BCUT2D eigenvalue weighted by Gasteiger charge is -2.39. The fourth-order valence-corrected chi connectivity index (χ4v) is 8.83. The Hall–Kier alpha value is -7.26. The highest BCUT2D eigenvalue weighted by molar-refractivity contribution is 7.13. The van der Waals surface area contributed by atoms with Gasteiger partial charge in [0.1, 0.15) is 45.3 Å². The third-order valence-electron chi connectivity index (χ3n) is 10.9. The number of nitrogens with two attached hydrogens (primary N) is 2. The van der Waals surface area contributed by atoms with Gasteiger partial charge >= 0.3 is 6.09 Å². The number of anilines is 1. The van der Waals surface area contributed by atoms with Gasteiger partial charge in [0, 0.05) is 61.3 Å². The van der Waals surface area contributed by atoms with Gasteiger partial charge in [-0.15, -0.1) is 11.3 Å². The maximum Gasteiger partial charge on any atom is 0.410 e. The van der Waals surface area contributed by atoms with Crippen LogP contribution in [0, 0.1) is 19.8 Å². The summed E-state index contributed by atoms with van der Waals surface area (Å²) in [6, 6.07) is 6.63. The maximum atomic E-state index is 13.8. The number of methoxy groups -OCH3 is 1. The van der Waals surface area contributed by atoms with Crippen LogP contribution in [-0.2, 0) is 31.3 Å². The molecule has 8 rings (SSSR count). The Balaban J connectivity index is 0.00000151. The van der Waals surface area contributed by atoms with Crippen molar-refractivity contribution in [1.82, 2.24) is 48.7 Å². The number of primary amides is 1. The lowest BCUT2D eigenvalue weighted by Crippen LogP contribution is -2.51. The van der Waals surface area contributed by atoms with Gasteiger partial charge in [0.2, 0.25) is 11.9 Å². The van der Waals surface area contributed by atoms with Crippen LogP contribution < -0.4 is 26.3 Å². The average molecular weight is 994 g/mol. The van der Waals surface area contributed by atoms with Gasteiger partial charge in [0.15, 0.2) is 11.6 Å². The van der Waals surface area contributed by atoms with Crippen molar-refractivity contribution in [3.8, 4) is 23.1 Å². The number of ether oxygens (including phenoxy) is 3. The van der Waals surface area contributed by atoms with Gasteiger partial charge in [-0.1, -0.05) is 46.8 Å². The van der Waals surface area contributed by atoms with Crippen LogP contribution in [0.2, 0.25) is 0 Å².